The number of phenolic OH excluding ortho intramolecular Hbond substituents is 1. The number of fused-ring (bicyclic) bond motifs is 1. The van der Waals surface area contributed by atoms with E-state index in [1.807, 2.05) is 13.0 Å². The van der Waals surface area contributed by atoms with E-state index in [9.17, 15) is 9.90 Å². The second kappa shape index (κ2) is 5.81. The Hall–Kier alpha value is -1.95. The summed E-state index contributed by atoms with van der Waals surface area (Å²) in [5.74, 6) is 0.981. The summed E-state index contributed by atoms with van der Waals surface area (Å²) in [6.07, 6.45) is -0.231. The van der Waals surface area contributed by atoms with Gasteiger partial charge in [-0.3, -0.25) is 4.90 Å². The fourth-order valence-corrected chi connectivity index (χ4v) is 2.91. The SMILES string of the molecule is CCOC(=O)N1CCN(C2COc3cc(O)ccc32)CC1. The Balaban J connectivity index is 1.63. The van der Waals surface area contributed by atoms with Gasteiger partial charge in [-0.15, -0.1) is 0 Å². The topological polar surface area (TPSA) is 62.2 Å². The van der Waals surface area contributed by atoms with E-state index in [-0.39, 0.29) is 17.9 Å². The zero-order chi connectivity index (χ0) is 14.8. The zero-order valence-electron chi connectivity index (χ0n) is 12.1. The van der Waals surface area contributed by atoms with E-state index in [4.69, 9.17) is 9.47 Å². The fourth-order valence-electron chi connectivity index (χ4n) is 2.91. The van der Waals surface area contributed by atoms with Crippen molar-refractivity contribution < 1.29 is 19.4 Å². The third-order valence-corrected chi connectivity index (χ3v) is 4.03. The molecule has 0 spiro atoms. The van der Waals surface area contributed by atoms with Crippen LogP contribution >= 0.6 is 0 Å². The molecule has 21 heavy (non-hydrogen) atoms. The monoisotopic (exact) mass is 292 g/mol. The van der Waals surface area contributed by atoms with Gasteiger partial charge >= 0.3 is 6.09 Å². The number of ether oxygens (including phenoxy) is 2. The van der Waals surface area contributed by atoms with Gasteiger partial charge in [-0.1, -0.05) is 0 Å². The molecule has 6 heteroatoms. The van der Waals surface area contributed by atoms with E-state index < -0.39 is 0 Å². The predicted octanol–water partition coefficient (Wildman–Crippen LogP) is 1.60. The Kier molecular flexibility index (Phi) is 3.88. The largest absolute Gasteiger partial charge is 0.508 e. The van der Waals surface area contributed by atoms with Gasteiger partial charge in [-0.25, -0.2) is 4.79 Å². The number of nitrogens with zero attached hydrogens (tertiary/aromatic N) is 2. The smallest absolute Gasteiger partial charge is 0.409 e. The highest BCUT2D eigenvalue weighted by molar-refractivity contribution is 5.67. The normalized spacial score (nSPS) is 21.8. The van der Waals surface area contributed by atoms with Crippen LogP contribution < -0.4 is 4.74 Å². The summed E-state index contributed by atoms with van der Waals surface area (Å²) in [6, 6.07) is 5.46. The molecule has 1 aromatic rings. The van der Waals surface area contributed by atoms with Crippen molar-refractivity contribution >= 4 is 6.09 Å². The first-order valence-electron chi connectivity index (χ1n) is 7.30. The van der Waals surface area contributed by atoms with E-state index in [1.54, 1.807) is 17.0 Å². The van der Waals surface area contributed by atoms with Crippen molar-refractivity contribution in [2.45, 2.75) is 13.0 Å². The molecular weight excluding hydrogens is 272 g/mol. The number of rotatable bonds is 2. The summed E-state index contributed by atoms with van der Waals surface area (Å²) < 4.78 is 10.7. The fraction of sp³-hybridized carbons (Fsp3) is 0.533. The first kappa shape index (κ1) is 14.0. The van der Waals surface area contributed by atoms with Crippen LogP contribution in [0.1, 0.15) is 18.5 Å². The molecule has 1 atom stereocenters. The molecule has 2 aliphatic heterocycles. The minimum absolute atomic E-state index is 0.199. The molecule has 0 bridgehead atoms. The lowest BCUT2D eigenvalue weighted by Crippen LogP contribution is -2.50. The van der Waals surface area contributed by atoms with Gasteiger partial charge in [0.05, 0.1) is 12.6 Å². The number of hydrogen-bond acceptors (Lipinski definition) is 5. The molecule has 1 unspecified atom stereocenters. The van der Waals surface area contributed by atoms with E-state index in [0.29, 0.717) is 26.3 Å². The lowest BCUT2D eigenvalue weighted by atomic mass is 10.1. The Morgan fingerprint density at radius 2 is 2.14 bits per heavy atom. The number of carbonyl (C=O) groups is 1. The number of piperazine rings is 1. The number of phenols is 1. The number of carbonyl (C=O) groups excluding carboxylic acids is 1. The standard InChI is InChI=1S/C15H20N2O4/c1-2-20-15(19)17-7-5-16(6-8-17)13-10-21-14-9-11(18)3-4-12(13)14/h3-4,9,13,18H,2,5-8,10H2,1H3. The molecule has 0 radical (unpaired) electrons. The molecule has 2 aliphatic rings. The van der Waals surface area contributed by atoms with Gasteiger partial charge in [0.2, 0.25) is 0 Å². The molecule has 0 aliphatic carbocycles. The third-order valence-electron chi connectivity index (χ3n) is 4.03. The van der Waals surface area contributed by atoms with Crippen LogP contribution in [0.25, 0.3) is 0 Å². The number of amides is 1. The van der Waals surface area contributed by atoms with Crippen LogP contribution in [0.5, 0.6) is 11.5 Å². The average Bonchev–Trinajstić information content (AvgIpc) is 2.90. The van der Waals surface area contributed by atoms with Crippen molar-refractivity contribution in [3.05, 3.63) is 23.8 Å². The molecule has 6 nitrogen and oxygen atoms in total. The summed E-state index contributed by atoms with van der Waals surface area (Å²) in [7, 11) is 0. The molecule has 1 aromatic carbocycles. The van der Waals surface area contributed by atoms with Crippen molar-refractivity contribution in [3.63, 3.8) is 0 Å². The van der Waals surface area contributed by atoms with Crippen LogP contribution in [0, 0.1) is 0 Å². The van der Waals surface area contributed by atoms with Crippen LogP contribution in [-0.2, 0) is 4.74 Å². The van der Waals surface area contributed by atoms with Gasteiger partial charge in [0, 0.05) is 37.8 Å². The van der Waals surface area contributed by atoms with Crippen molar-refractivity contribution in [3.8, 4) is 11.5 Å². The summed E-state index contributed by atoms with van der Waals surface area (Å²) >= 11 is 0. The van der Waals surface area contributed by atoms with Gasteiger partial charge in [-0.2, -0.15) is 0 Å². The maximum absolute atomic E-state index is 11.7. The average molecular weight is 292 g/mol. The van der Waals surface area contributed by atoms with Gasteiger partial charge in [0.25, 0.3) is 0 Å². The number of benzene rings is 1. The molecule has 1 amide bonds. The second-order valence-electron chi connectivity index (χ2n) is 5.27. The first-order valence-corrected chi connectivity index (χ1v) is 7.30. The van der Waals surface area contributed by atoms with Crippen molar-refractivity contribution in [1.29, 1.82) is 0 Å². The summed E-state index contributed by atoms with van der Waals surface area (Å²) in [5, 5.41) is 9.49. The lowest BCUT2D eigenvalue weighted by Gasteiger charge is -2.36. The highest BCUT2D eigenvalue weighted by Crippen LogP contribution is 2.38. The van der Waals surface area contributed by atoms with E-state index >= 15 is 0 Å². The van der Waals surface area contributed by atoms with Crippen LogP contribution in [-0.4, -0.2) is 60.4 Å². The summed E-state index contributed by atoms with van der Waals surface area (Å²) in [6.45, 7) is 5.76. The molecule has 0 aromatic heterocycles. The summed E-state index contributed by atoms with van der Waals surface area (Å²) in [4.78, 5) is 15.8. The molecule has 1 saturated heterocycles. The van der Waals surface area contributed by atoms with Gasteiger partial charge in [-0.05, 0) is 19.1 Å². The van der Waals surface area contributed by atoms with Gasteiger partial charge < -0.3 is 19.5 Å². The Morgan fingerprint density at radius 1 is 1.38 bits per heavy atom. The maximum Gasteiger partial charge on any atom is 0.409 e. The molecule has 3 rings (SSSR count). The van der Waals surface area contributed by atoms with Gasteiger partial charge in [0.1, 0.15) is 18.1 Å². The van der Waals surface area contributed by atoms with Crippen molar-refractivity contribution in [1.82, 2.24) is 9.80 Å². The summed E-state index contributed by atoms with van der Waals surface area (Å²) in [5.41, 5.74) is 1.11. The van der Waals surface area contributed by atoms with Crippen molar-refractivity contribution in [2.24, 2.45) is 0 Å². The minimum atomic E-state index is -0.231. The molecule has 2 heterocycles. The predicted molar refractivity (Wildman–Crippen MR) is 76.5 cm³/mol. The zero-order valence-corrected chi connectivity index (χ0v) is 12.1. The van der Waals surface area contributed by atoms with Crippen molar-refractivity contribution in [2.75, 3.05) is 39.4 Å². The highest BCUT2D eigenvalue weighted by Gasteiger charge is 2.33. The maximum atomic E-state index is 11.7. The second-order valence-corrected chi connectivity index (χ2v) is 5.27. The molecule has 1 fully saturated rings. The molecule has 1 N–H and O–H groups in total. The molecule has 114 valence electrons. The minimum Gasteiger partial charge on any atom is -0.508 e. The third kappa shape index (κ3) is 2.76. The number of hydrogen-bond donors (Lipinski definition) is 1. The van der Waals surface area contributed by atoms with Crippen LogP contribution in [0.4, 0.5) is 4.79 Å². The van der Waals surface area contributed by atoms with E-state index in [2.05, 4.69) is 4.90 Å². The highest BCUT2D eigenvalue weighted by atomic mass is 16.6. The van der Waals surface area contributed by atoms with Crippen LogP contribution in [0.15, 0.2) is 18.2 Å². The van der Waals surface area contributed by atoms with E-state index in [1.165, 1.54) is 0 Å². The Morgan fingerprint density at radius 3 is 2.86 bits per heavy atom. The molecular formula is C15H20N2O4. The van der Waals surface area contributed by atoms with Crippen LogP contribution in [0.2, 0.25) is 0 Å². The van der Waals surface area contributed by atoms with Crippen LogP contribution in [0.3, 0.4) is 0 Å². The first-order chi connectivity index (χ1) is 10.2. The Bertz CT molecular complexity index is 526. The number of aromatic hydroxyl groups is 1. The van der Waals surface area contributed by atoms with E-state index in [0.717, 1.165) is 24.4 Å². The molecule has 0 saturated carbocycles. The quantitative estimate of drug-likeness (QED) is 0.897. The lowest BCUT2D eigenvalue weighted by molar-refractivity contribution is 0.0614. The van der Waals surface area contributed by atoms with Gasteiger partial charge in [0.15, 0.2) is 0 Å². The Labute approximate surface area is 123 Å².